The lowest BCUT2D eigenvalue weighted by Crippen LogP contribution is -2.52. The Morgan fingerprint density at radius 3 is 2.58 bits per heavy atom. The molecule has 2 aliphatic rings. The van der Waals surface area contributed by atoms with Gasteiger partial charge < -0.3 is 20.0 Å². The summed E-state index contributed by atoms with van der Waals surface area (Å²) in [4.78, 5) is 26.0. The van der Waals surface area contributed by atoms with Crippen LogP contribution in [0.2, 0.25) is 0 Å². The van der Waals surface area contributed by atoms with Gasteiger partial charge in [0.15, 0.2) is 5.96 Å². The first kappa shape index (κ1) is 25.5. The van der Waals surface area contributed by atoms with E-state index in [0.29, 0.717) is 24.3 Å². The number of amides is 1. The molecule has 1 aromatic carbocycles. The van der Waals surface area contributed by atoms with Crippen LogP contribution in [0.15, 0.2) is 46.0 Å². The molecule has 33 heavy (non-hydrogen) atoms. The Bertz CT molecular complexity index is 891. The first-order valence-corrected chi connectivity index (χ1v) is 11.8. The van der Waals surface area contributed by atoms with Gasteiger partial charge in [-0.1, -0.05) is 24.6 Å². The molecule has 1 aromatic heterocycles. The van der Waals surface area contributed by atoms with Gasteiger partial charge in [0.05, 0.1) is 6.54 Å². The minimum Gasteiger partial charge on any atom is -0.444 e. The first-order valence-electron chi connectivity index (χ1n) is 11.8. The second-order valence-electron chi connectivity index (χ2n) is 8.43. The summed E-state index contributed by atoms with van der Waals surface area (Å²) >= 11 is 0. The molecule has 9 heteroatoms. The number of carbonyl (C=O) groups is 1. The number of hydrogen-bond donors (Lipinski definition) is 2. The van der Waals surface area contributed by atoms with Crippen molar-refractivity contribution in [2.45, 2.75) is 32.7 Å². The Labute approximate surface area is 213 Å². The lowest BCUT2D eigenvalue weighted by atomic mass is 9.84. The zero-order valence-corrected chi connectivity index (χ0v) is 21.7. The molecule has 1 aliphatic heterocycles. The number of piperazine rings is 1. The van der Waals surface area contributed by atoms with Crippen molar-refractivity contribution >= 4 is 35.8 Å². The number of halogens is 1. The molecule has 2 aromatic rings. The molecule has 1 aliphatic carbocycles. The van der Waals surface area contributed by atoms with Crippen molar-refractivity contribution in [3.05, 3.63) is 42.3 Å². The van der Waals surface area contributed by atoms with Crippen molar-refractivity contribution in [1.82, 2.24) is 25.4 Å². The largest absolute Gasteiger partial charge is 0.444 e. The van der Waals surface area contributed by atoms with Crippen molar-refractivity contribution in [1.29, 1.82) is 0 Å². The van der Waals surface area contributed by atoms with Crippen molar-refractivity contribution in [3.63, 3.8) is 0 Å². The summed E-state index contributed by atoms with van der Waals surface area (Å²) in [6.45, 7) is 8.60. The van der Waals surface area contributed by atoms with E-state index in [1.165, 1.54) is 6.42 Å². The van der Waals surface area contributed by atoms with Crippen LogP contribution in [0.5, 0.6) is 0 Å². The van der Waals surface area contributed by atoms with Crippen LogP contribution in [0.25, 0.3) is 11.5 Å². The highest BCUT2D eigenvalue weighted by Gasteiger charge is 2.30. The minimum absolute atomic E-state index is 0. The zero-order chi connectivity index (χ0) is 22.2. The van der Waals surface area contributed by atoms with E-state index in [1.807, 2.05) is 30.3 Å². The van der Waals surface area contributed by atoms with E-state index in [4.69, 9.17) is 4.42 Å². The van der Waals surface area contributed by atoms with Gasteiger partial charge in [0.25, 0.3) is 0 Å². The monoisotopic (exact) mass is 566 g/mol. The van der Waals surface area contributed by atoms with E-state index in [-0.39, 0.29) is 24.0 Å². The average Bonchev–Trinajstić information content (AvgIpc) is 3.26. The lowest BCUT2D eigenvalue weighted by Gasteiger charge is -2.38. The van der Waals surface area contributed by atoms with Gasteiger partial charge in [-0.2, -0.15) is 0 Å². The van der Waals surface area contributed by atoms with Crippen LogP contribution in [0.3, 0.4) is 0 Å². The SMILES string of the molecule is CCNC(=NCc1coc(-c2ccccc2)n1)NCCN1CCN(C(=O)C2CCC2)CC1.I. The smallest absolute Gasteiger partial charge is 0.226 e. The molecule has 0 spiro atoms. The Morgan fingerprint density at radius 1 is 1.15 bits per heavy atom. The van der Waals surface area contributed by atoms with Crippen LogP contribution < -0.4 is 10.6 Å². The highest BCUT2D eigenvalue weighted by molar-refractivity contribution is 14.0. The van der Waals surface area contributed by atoms with E-state index >= 15 is 0 Å². The maximum atomic E-state index is 12.4. The summed E-state index contributed by atoms with van der Waals surface area (Å²) in [5.41, 5.74) is 1.76. The van der Waals surface area contributed by atoms with Crippen molar-refractivity contribution in [3.8, 4) is 11.5 Å². The highest BCUT2D eigenvalue weighted by atomic mass is 127. The van der Waals surface area contributed by atoms with E-state index in [2.05, 4.69) is 37.3 Å². The average molecular weight is 566 g/mol. The van der Waals surface area contributed by atoms with Gasteiger partial charge in [-0.3, -0.25) is 9.69 Å². The summed E-state index contributed by atoms with van der Waals surface area (Å²) in [5, 5.41) is 6.69. The number of aliphatic imine (C=N–C) groups is 1. The molecule has 0 atom stereocenters. The molecular weight excluding hydrogens is 531 g/mol. The van der Waals surface area contributed by atoms with Gasteiger partial charge in [-0.15, -0.1) is 24.0 Å². The van der Waals surface area contributed by atoms with Crippen molar-refractivity contribution in [2.75, 3.05) is 45.8 Å². The first-order chi connectivity index (χ1) is 15.7. The molecule has 4 rings (SSSR count). The summed E-state index contributed by atoms with van der Waals surface area (Å²) < 4.78 is 5.60. The predicted molar refractivity (Wildman–Crippen MR) is 141 cm³/mol. The standard InChI is InChI=1S/C24H34N6O2.HI/c1-2-25-24(27-17-21-18-32-22(28-21)19-7-4-3-5-8-19)26-11-12-29-13-15-30(16-14-29)23(31)20-9-6-10-20;/h3-5,7-8,18,20H,2,6,9-17H2,1H3,(H2,25,26,27);1H. The molecule has 1 saturated carbocycles. The lowest BCUT2D eigenvalue weighted by molar-refractivity contribution is -0.139. The molecule has 8 nitrogen and oxygen atoms in total. The molecule has 180 valence electrons. The number of rotatable bonds is 8. The number of guanidine groups is 1. The molecular formula is C24H35IN6O2. The number of aromatic nitrogens is 1. The topological polar surface area (TPSA) is 86.0 Å². The number of carbonyl (C=O) groups excluding carboxylic acids is 1. The highest BCUT2D eigenvalue weighted by Crippen LogP contribution is 2.28. The Kier molecular flexibility index (Phi) is 9.98. The Hall–Kier alpha value is -2.14. The van der Waals surface area contributed by atoms with Crippen LogP contribution in [0.4, 0.5) is 0 Å². The van der Waals surface area contributed by atoms with Crippen molar-refractivity contribution in [2.24, 2.45) is 10.9 Å². The number of benzene rings is 1. The van der Waals surface area contributed by atoms with E-state index in [1.54, 1.807) is 6.26 Å². The van der Waals surface area contributed by atoms with Gasteiger partial charge in [-0.05, 0) is 31.9 Å². The normalized spacial score (nSPS) is 17.2. The van der Waals surface area contributed by atoms with Gasteiger partial charge >= 0.3 is 0 Å². The second-order valence-corrected chi connectivity index (χ2v) is 8.43. The molecule has 0 bridgehead atoms. The quantitative estimate of drug-likeness (QED) is 0.291. The third kappa shape index (κ3) is 7.17. The fourth-order valence-corrected chi connectivity index (χ4v) is 4.03. The number of nitrogens with one attached hydrogen (secondary N) is 2. The fourth-order valence-electron chi connectivity index (χ4n) is 4.03. The van der Waals surface area contributed by atoms with Crippen LogP contribution in [-0.4, -0.2) is 72.5 Å². The van der Waals surface area contributed by atoms with Gasteiger partial charge in [0, 0.05) is 57.3 Å². The summed E-state index contributed by atoms with van der Waals surface area (Å²) in [5.74, 6) is 2.06. The van der Waals surface area contributed by atoms with E-state index in [9.17, 15) is 4.79 Å². The number of hydrogen-bond acceptors (Lipinski definition) is 5. The van der Waals surface area contributed by atoms with Crippen LogP contribution in [0, 0.1) is 5.92 Å². The van der Waals surface area contributed by atoms with Crippen LogP contribution in [-0.2, 0) is 11.3 Å². The minimum atomic E-state index is 0. The third-order valence-electron chi connectivity index (χ3n) is 6.17. The molecule has 1 amide bonds. The summed E-state index contributed by atoms with van der Waals surface area (Å²) in [7, 11) is 0. The van der Waals surface area contributed by atoms with Crippen molar-refractivity contribution < 1.29 is 9.21 Å². The third-order valence-corrected chi connectivity index (χ3v) is 6.17. The van der Waals surface area contributed by atoms with Gasteiger partial charge in [0.2, 0.25) is 11.8 Å². The van der Waals surface area contributed by atoms with Gasteiger partial charge in [-0.25, -0.2) is 9.98 Å². The molecule has 2 N–H and O–H groups in total. The maximum Gasteiger partial charge on any atom is 0.226 e. The molecule has 0 radical (unpaired) electrons. The molecule has 1 saturated heterocycles. The summed E-state index contributed by atoms with van der Waals surface area (Å²) in [6.07, 6.45) is 5.04. The summed E-state index contributed by atoms with van der Waals surface area (Å²) in [6, 6.07) is 9.87. The number of oxazole rings is 1. The Morgan fingerprint density at radius 2 is 1.91 bits per heavy atom. The molecule has 0 unspecified atom stereocenters. The maximum absolute atomic E-state index is 12.4. The predicted octanol–water partition coefficient (Wildman–Crippen LogP) is 2.96. The molecule has 2 fully saturated rings. The zero-order valence-electron chi connectivity index (χ0n) is 19.3. The van der Waals surface area contributed by atoms with E-state index < -0.39 is 0 Å². The fraction of sp³-hybridized carbons (Fsp3) is 0.542. The van der Waals surface area contributed by atoms with Crippen LogP contribution >= 0.6 is 24.0 Å². The number of nitrogens with zero attached hydrogens (tertiary/aromatic N) is 4. The van der Waals surface area contributed by atoms with Crippen LogP contribution in [0.1, 0.15) is 31.9 Å². The van der Waals surface area contributed by atoms with Gasteiger partial charge in [0.1, 0.15) is 12.0 Å². The molecule has 2 heterocycles. The second kappa shape index (κ2) is 12.9. The van der Waals surface area contributed by atoms with E-state index in [0.717, 1.165) is 75.9 Å². The Balaban J connectivity index is 0.00000306.